The maximum atomic E-state index is 6.58. The number of fused-ring (bicyclic) bond motifs is 9. The van der Waals surface area contributed by atoms with Crippen molar-refractivity contribution in [2.75, 3.05) is 0 Å². The minimum atomic E-state index is 0.905. The fourth-order valence-electron chi connectivity index (χ4n) is 8.55. The molecule has 0 aliphatic rings. The summed E-state index contributed by atoms with van der Waals surface area (Å²) in [5, 5.41) is 14.7. The second-order valence-corrected chi connectivity index (χ2v) is 13.6. The standard InChI is InChI=1S/C50H30O/c1-2-13-31(14-3-1)42-28-35-26-25-32-15-6-7-18-36(32)43(35)30-44(42)49-39-21-10-8-19-37(39)48(38-20-9-11-22-40(38)49)41-23-12-24-46-50(41)45-27-33-16-4-5-17-34(33)29-47(45)51-46/h1-30H. The molecule has 0 aliphatic heterocycles. The third-order valence-corrected chi connectivity index (χ3v) is 10.8. The van der Waals surface area contributed by atoms with E-state index in [1.807, 2.05) is 0 Å². The zero-order chi connectivity index (χ0) is 33.5. The first-order valence-electron chi connectivity index (χ1n) is 17.6. The third-order valence-electron chi connectivity index (χ3n) is 10.8. The van der Waals surface area contributed by atoms with Crippen molar-refractivity contribution < 1.29 is 4.42 Å². The molecule has 1 heteroatoms. The molecule has 0 radical (unpaired) electrons. The van der Waals surface area contributed by atoms with Gasteiger partial charge < -0.3 is 4.42 Å². The van der Waals surface area contributed by atoms with Gasteiger partial charge >= 0.3 is 0 Å². The molecule has 0 spiro atoms. The maximum Gasteiger partial charge on any atom is 0.136 e. The Labute approximate surface area is 294 Å². The monoisotopic (exact) mass is 646 g/mol. The smallest absolute Gasteiger partial charge is 0.136 e. The van der Waals surface area contributed by atoms with E-state index < -0.39 is 0 Å². The van der Waals surface area contributed by atoms with E-state index in [0.717, 1.165) is 21.9 Å². The molecule has 1 heterocycles. The van der Waals surface area contributed by atoms with Gasteiger partial charge in [0.15, 0.2) is 0 Å². The lowest BCUT2D eigenvalue weighted by atomic mass is 9.82. The molecule has 0 fully saturated rings. The van der Waals surface area contributed by atoms with E-state index >= 15 is 0 Å². The van der Waals surface area contributed by atoms with Gasteiger partial charge in [-0.15, -0.1) is 0 Å². The molecular weight excluding hydrogens is 617 g/mol. The predicted octanol–water partition coefficient (Wildman–Crippen LogP) is 14.4. The Bertz CT molecular complexity index is 3130. The average molecular weight is 647 g/mol. The fraction of sp³-hybridized carbons (Fsp3) is 0. The van der Waals surface area contributed by atoms with Crippen LogP contribution in [0, 0.1) is 0 Å². The van der Waals surface area contributed by atoms with E-state index in [9.17, 15) is 0 Å². The molecule has 236 valence electrons. The molecule has 0 aliphatic carbocycles. The molecule has 0 amide bonds. The summed E-state index contributed by atoms with van der Waals surface area (Å²) in [7, 11) is 0. The highest BCUT2D eigenvalue weighted by Crippen LogP contribution is 2.49. The number of furan rings is 1. The van der Waals surface area contributed by atoms with Crippen LogP contribution < -0.4 is 0 Å². The van der Waals surface area contributed by atoms with Crippen LogP contribution in [0.2, 0.25) is 0 Å². The van der Waals surface area contributed by atoms with E-state index in [1.165, 1.54) is 87.2 Å². The van der Waals surface area contributed by atoms with E-state index in [1.54, 1.807) is 0 Å². The van der Waals surface area contributed by atoms with Gasteiger partial charge in [-0.05, 0) is 118 Å². The SMILES string of the molecule is c1ccc(-c2cc3ccc4ccccc4c3cc2-c2c3ccccc3c(-c3cccc4oc5cc6ccccc6cc5c34)c3ccccc23)cc1. The Hall–Kier alpha value is -6.70. The topological polar surface area (TPSA) is 13.1 Å². The quantitative estimate of drug-likeness (QED) is 0.138. The van der Waals surface area contributed by atoms with Crippen LogP contribution >= 0.6 is 0 Å². The summed E-state index contributed by atoms with van der Waals surface area (Å²) in [5.74, 6) is 0. The van der Waals surface area contributed by atoms with Crippen LogP contribution in [0.25, 0.3) is 109 Å². The highest BCUT2D eigenvalue weighted by atomic mass is 16.3. The van der Waals surface area contributed by atoms with Crippen molar-refractivity contribution in [3.63, 3.8) is 0 Å². The van der Waals surface area contributed by atoms with Crippen LogP contribution in [0.15, 0.2) is 186 Å². The zero-order valence-electron chi connectivity index (χ0n) is 27.7. The molecule has 1 nitrogen and oxygen atoms in total. The summed E-state index contributed by atoms with van der Waals surface area (Å²) >= 11 is 0. The van der Waals surface area contributed by atoms with Crippen LogP contribution in [-0.2, 0) is 0 Å². The van der Waals surface area contributed by atoms with E-state index in [-0.39, 0.29) is 0 Å². The van der Waals surface area contributed by atoms with Crippen molar-refractivity contribution >= 4 is 75.8 Å². The summed E-state index contributed by atoms with van der Waals surface area (Å²) in [4.78, 5) is 0. The van der Waals surface area contributed by atoms with Crippen molar-refractivity contribution in [1.82, 2.24) is 0 Å². The van der Waals surface area contributed by atoms with Crippen LogP contribution in [0.3, 0.4) is 0 Å². The first-order valence-corrected chi connectivity index (χ1v) is 17.6. The number of hydrogen-bond acceptors (Lipinski definition) is 1. The number of benzene rings is 10. The third kappa shape index (κ3) is 4.22. The van der Waals surface area contributed by atoms with Gasteiger partial charge in [0, 0.05) is 10.8 Å². The summed E-state index contributed by atoms with van der Waals surface area (Å²) in [5.41, 5.74) is 9.18. The van der Waals surface area contributed by atoms with Crippen molar-refractivity contribution in [2.45, 2.75) is 0 Å². The Morgan fingerprint density at radius 3 is 1.55 bits per heavy atom. The lowest BCUT2D eigenvalue weighted by Gasteiger charge is -2.21. The van der Waals surface area contributed by atoms with Gasteiger partial charge in [-0.25, -0.2) is 0 Å². The second-order valence-electron chi connectivity index (χ2n) is 13.6. The summed E-state index contributed by atoms with van der Waals surface area (Å²) in [6, 6.07) is 66.4. The first-order chi connectivity index (χ1) is 25.3. The Morgan fingerprint density at radius 2 is 0.843 bits per heavy atom. The van der Waals surface area contributed by atoms with Gasteiger partial charge in [-0.2, -0.15) is 0 Å². The molecule has 1 aromatic heterocycles. The molecule has 0 N–H and O–H groups in total. The minimum Gasteiger partial charge on any atom is -0.456 e. The molecule has 0 atom stereocenters. The minimum absolute atomic E-state index is 0.905. The van der Waals surface area contributed by atoms with Gasteiger partial charge in [0.05, 0.1) is 0 Å². The summed E-state index contributed by atoms with van der Waals surface area (Å²) in [6.07, 6.45) is 0. The maximum absolute atomic E-state index is 6.58. The van der Waals surface area contributed by atoms with Crippen LogP contribution in [-0.4, -0.2) is 0 Å². The highest BCUT2D eigenvalue weighted by Gasteiger charge is 2.22. The first kappa shape index (κ1) is 28.2. The zero-order valence-corrected chi connectivity index (χ0v) is 27.7. The largest absolute Gasteiger partial charge is 0.456 e. The molecular formula is C50H30O. The lowest BCUT2D eigenvalue weighted by Crippen LogP contribution is -1.94. The molecule has 11 rings (SSSR count). The fourth-order valence-corrected chi connectivity index (χ4v) is 8.55. The Balaban J connectivity index is 1.29. The van der Waals surface area contributed by atoms with Gasteiger partial charge in [0.1, 0.15) is 11.2 Å². The van der Waals surface area contributed by atoms with Crippen LogP contribution in [0.5, 0.6) is 0 Å². The average Bonchev–Trinajstić information content (AvgIpc) is 3.56. The van der Waals surface area contributed by atoms with Crippen molar-refractivity contribution in [1.29, 1.82) is 0 Å². The summed E-state index contributed by atoms with van der Waals surface area (Å²) in [6.45, 7) is 0. The van der Waals surface area contributed by atoms with Crippen molar-refractivity contribution in [3.8, 4) is 33.4 Å². The van der Waals surface area contributed by atoms with Crippen molar-refractivity contribution in [2.24, 2.45) is 0 Å². The predicted molar refractivity (Wildman–Crippen MR) is 218 cm³/mol. The normalized spacial score (nSPS) is 11.9. The molecule has 0 bridgehead atoms. The number of hydrogen-bond donors (Lipinski definition) is 0. The van der Waals surface area contributed by atoms with E-state index in [4.69, 9.17) is 4.42 Å². The Kier molecular flexibility index (Phi) is 6.02. The molecule has 10 aromatic carbocycles. The lowest BCUT2D eigenvalue weighted by molar-refractivity contribution is 0.669. The van der Waals surface area contributed by atoms with Crippen LogP contribution in [0.4, 0.5) is 0 Å². The van der Waals surface area contributed by atoms with E-state index in [0.29, 0.717) is 0 Å². The van der Waals surface area contributed by atoms with E-state index in [2.05, 4.69) is 182 Å². The Morgan fingerprint density at radius 1 is 0.275 bits per heavy atom. The van der Waals surface area contributed by atoms with Gasteiger partial charge in [-0.1, -0.05) is 152 Å². The highest BCUT2D eigenvalue weighted by molar-refractivity contribution is 6.27. The van der Waals surface area contributed by atoms with Gasteiger partial charge in [0.25, 0.3) is 0 Å². The second kappa shape index (κ2) is 10.9. The molecule has 11 aromatic rings. The molecule has 0 saturated heterocycles. The van der Waals surface area contributed by atoms with Crippen LogP contribution in [0.1, 0.15) is 0 Å². The van der Waals surface area contributed by atoms with Gasteiger partial charge in [-0.3, -0.25) is 0 Å². The molecule has 0 saturated carbocycles. The van der Waals surface area contributed by atoms with Crippen molar-refractivity contribution in [3.05, 3.63) is 182 Å². The summed E-state index contributed by atoms with van der Waals surface area (Å²) < 4.78 is 6.58. The number of rotatable bonds is 3. The molecule has 51 heavy (non-hydrogen) atoms. The molecule has 0 unspecified atom stereocenters. The van der Waals surface area contributed by atoms with Gasteiger partial charge in [0.2, 0.25) is 0 Å².